The smallest absolute Gasteiger partial charge is 0.271 e. The first kappa shape index (κ1) is 13.6. The first-order valence-corrected chi connectivity index (χ1v) is 6.28. The van der Waals surface area contributed by atoms with Gasteiger partial charge in [0.25, 0.3) is 5.69 Å². The van der Waals surface area contributed by atoms with Gasteiger partial charge in [0.05, 0.1) is 9.95 Å². The zero-order valence-electron chi connectivity index (χ0n) is 9.68. The van der Waals surface area contributed by atoms with Gasteiger partial charge in [0.1, 0.15) is 11.5 Å². The second-order valence-corrected chi connectivity index (χ2v) is 4.43. The molecule has 0 radical (unpaired) electrons. The Hall–Kier alpha value is -1.78. The maximum absolute atomic E-state index is 10.6. The fourth-order valence-corrected chi connectivity index (χ4v) is 1.85. The number of alkyl halides is 1. The first-order chi connectivity index (χ1) is 9.10. The van der Waals surface area contributed by atoms with Gasteiger partial charge in [0.2, 0.25) is 0 Å². The van der Waals surface area contributed by atoms with Crippen LogP contribution >= 0.6 is 23.2 Å². The first-order valence-electron chi connectivity index (χ1n) is 5.37. The van der Waals surface area contributed by atoms with Gasteiger partial charge < -0.3 is 4.74 Å². The van der Waals surface area contributed by atoms with E-state index in [-0.39, 0.29) is 10.7 Å². The summed E-state index contributed by atoms with van der Waals surface area (Å²) in [6.07, 6.45) is 0. The standard InChI is InChI=1S/C13H9Cl2NO3/c14-8-9-1-4-11(5-2-9)19-13-6-3-10(16(17)18)7-12(13)15/h1-7H,8H2. The molecule has 0 N–H and O–H groups in total. The van der Waals surface area contributed by atoms with E-state index in [4.69, 9.17) is 27.9 Å². The molecule has 0 bridgehead atoms. The number of nitro groups is 1. The molecule has 19 heavy (non-hydrogen) atoms. The molecule has 0 amide bonds. The number of non-ortho nitro benzene ring substituents is 1. The Morgan fingerprint density at radius 1 is 1.16 bits per heavy atom. The van der Waals surface area contributed by atoms with Crippen LogP contribution in [0.25, 0.3) is 0 Å². The Bertz CT molecular complexity index is 599. The second-order valence-electron chi connectivity index (χ2n) is 3.75. The molecule has 0 saturated heterocycles. The maximum Gasteiger partial charge on any atom is 0.271 e. The quantitative estimate of drug-likeness (QED) is 0.463. The Balaban J connectivity index is 2.20. The largest absolute Gasteiger partial charge is 0.456 e. The second kappa shape index (κ2) is 5.91. The van der Waals surface area contributed by atoms with Crippen LogP contribution in [0.5, 0.6) is 11.5 Å². The molecule has 98 valence electrons. The van der Waals surface area contributed by atoms with E-state index in [1.807, 2.05) is 12.1 Å². The summed E-state index contributed by atoms with van der Waals surface area (Å²) in [5.74, 6) is 1.38. The topological polar surface area (TPSA) is 52.4 Å². The SMILES string of the molecule is O=[N+]([O-])c1ccc(Oc2ccc(CCl)cc2)c(Cl)c1. The van der Waals surface area contributed by atoms with Gasteiger partial charge in [-0.25, -0.2) is 0 Å². The van der Waals surface area contributed by atoms with E-state index in [1.165, 1.54) is 18.2 Å². The normalized spacial score (nSPS) is 10.2. The molecule has 0 fully saturated rings. The van der Waals surface area contributed by atoms with Gasteiger partial charge in [-0.3, -0.25) is 10.1 Å². The van der Waals surface area contributed by atoms with Crippen LogP contribution < -0.4 is 4.74 Å². The third-order valence-corrected chi connectivity index (χ3v) is 3.04. The van der Waals surface area contributed by atoms with Crippen molar-refractivity contribution in [2.24, 2.45) is 0 Å². The van der Waals surface area contributed by atoms with Gasteiger partial charge in [-0.1, -0.05) is 23.7 Å². The Kier molecular flexibility index (Phi) is 4.24. The molecule has 0 aliphatic carbocycles. The predicted octanol–water partition coefficient (Wildman–Crippen LogP) is 4.78. The van der Waals surface area contributed by atoms with Gasteiger partial charge in [-0.05, 0) is 23.8 Å². The van der Waals surface area contributed by atoms with Crippen LogP contribution in [0.1, 0.15) is 5.56 Å². The summed E-state index contributed by atoms with van der Waals surface area (Å²) in [6.45, 7) is 0. The van der Waals surface area contributed by atoms with Crippen LogP contribution in [-0.4, -0.2) is 4.92 Å². The van der Waals surface area contributed by atoms with Gasteiger partial charge in [0, 0.05) is 18.0 Å². The Morgan fingerprint density at radius 2 is 1.84 bits per heavy atom. The third-order valence-electron chi connectivity index (χ3n) is 2.43. The lowest BCUT2D eigenvalue weighted by molar-refractivity contribution is -0.384. The highest BCUT2D eigenvalue weighted by Gasteiger charge is 2.10. The van der Waals surface area contributed by atoms with Crippen molar-refractivity contribution in [2.45, 2.75) is 5.88 Å². The van der Waals surface area contributed by atoms with Gasteiger partial charge in [-0.2, -0.15) is 0 Å². The molecule has 0 saturated carbocycles. The van der Waals surface area contributed by atoms with E-state index >= 15 is 0 Å². The molecule has 0 heterocycles. The van der Waals surface area contributed by atoms with Gasteiger partial charge in [-0.15, -0.1) is 11.6 Å². The highest BCUT2D eigenvalue weighted by molar-refractivity contribution is 6.32. The average molecular weight is 298 g/mol. The number of benzene rings is 2. The Labute approximate surface area is 119 Å². The van der Waals surface area contributed by atoms with Crippen LogP contribution in [0.3, 0.4) is 0 Å². The van der Waals surface area contributed by atoms with Crippen molar-refractivity contribution in [3.63, 3.8) is 0 Å². The summed E-state index contributed by atoms with van der Waals surface area (Å²) in [5, 5.41) is 10.8. The van der Waals surface area contributed by atoms with E-state index in [0.29, 0.717) is 17.4 Å². The number of ether oxygens (including phenoxy) is 1. The van der Waals surface area contributed by atoms with E-state index in [9.17, 15) is 10.1 Å². The number of nitro benzene ring substituents is 1. The van der Waals surface area contributed by atoms with Crippen LogP contribution in [0.2, 0.25) is 5.02 Å². The lowest BCUT2D eigenvalue weighted by Gasteiger charge is -2.07. The van der Waals surface area contributed by atoms with Crippen molar-refractivity contribution in [2.75, 3.05) is 0 Å². The van der Waals surface area contributed by atoms with Gasteiger partial charge in [0.15, 0.2) is 0 Å². The molecule has 0 aliphatic rings. The molecular weight excluding hydrogens is 289 g/mol. The number of hydrogen-bond acceptors (Lipinski definition) is 3. The van der Waals surface area contributed by atoms with E-state index in [2.05, 4.69) is 0 Å². The molecule has 0 atom stereocenters. The molecule has 0 aromatic heterocycles. The lowest BCUT2D eigenvalue weighted by Crippen LogP contribution is -1.90. The summed E-state index contributed by atoms with van der Waals surface area (Å²) >= 11 is 11.6. The van der Waals surface area contributed by atoms with E-state index in [1.54, 1.807) is 12.1 Å². The lowest BCUT2D eigenvalue weighted by atomic mass is 10.2. The minimum absolute atomic E-state index is 0.0742. The molecule has 0 unspecified atom stereocenters. The van der Waals surface area contributed by atoms with E-state index in [0.717, 1.165) is 5.56 Å². The summed E-state index contributed by atoms with van der Waals surface area (Å²) < 4.78 is 5.55. The van der Waals surface area contributed by atoms with Crippen LogP contribution in [0, 0.1) is 10.1 Å². The average Bonchev–Trinajstić information content (AvgIpc) is 2.41. The highest BCUT2D eigenvalue weighted by atomic mass is 35.5. The predicted molar refractivity (Wildman–Crippen MR) is 74.2 cm³/mol. The van der Waals surface area contributed by atoms with Crippen molar-refractivity contribution in [1.29, 1.82) is 0 Å². The number of hydrogen-bond donors (Lipinski definition) is 0. The minimum atomic E-state index is -0.509. The summed E-state index contributed by atoms with van der Waals surface area (Å²) in [4.78, 5) is 10.1. The monoisotopic (exact) mass is 297 g/mol. The molecule has 2 aromatic rings. The van der Waals surface area contributed by atoms with E-state index < -0.39 is 4.92 Å². The summed E-state index contributed by atoms with van der Waals surface area (Å²) in [5.41, 5.74) is 0.902. The molecule has 2 aromatic carbocycles. The highest BCUT2D eigenvalue weighted by Crippen LogP contribution is 2.32. The number of nitrogens with zero attached hydrogens (tertiary/aromatic N) is 1. The molecular formula is C13H9Cl2NO3. The molecule has 2 rings (SSSR count). The van der Waals surface area contributed by atoms with Crippen LogP contribution in [0.4, 0.5) is 5.69 Å². The fourth-order valence-electron chi connectivity index (χ4n) is 1.46. The number of rotatable bonds is 4. The zero-order valence-corrected chi connectivity index (χ0v) is 11.2. The van der Waals surface area contributed by atoms with Crippen molar-refractivity contribution >= 4 is 28.9 Å². The summed E-state index contributed by atoms with van der Waals surface area (Å²) in [7, 11) is 0. The minimum Gasteiger partial charge on any atom is -0.456 e. The van der Waals surface area contributed by atoms with Gasteiger partial charge >= 0.3 is 0 Å². The summed E-state index contributed by atoms with van der Waals surface area (Å²) in [6, 6.07) is 11.3. The molecule has 0 aliphatic heterocycles. The van der Waals surface area contributed by atoms with Crippen LogP contribution in [0.15, 0.2) is 42.5 Å². The van der Waals surface area contributed by atoms with Crippen molar-refractivity contribution < 1.29 is 9.66 Å². The molecule has 0 spiro atoms. The van der Waals surface area contributed by atoms with Crippen LogP contribution in [-0.2, 0) is 5.88 Å². The molecule has 4 nitrogen and oxygen atoms in total. The van der Waals surface area contributed by atoms with Crippen molar-refractivity contribution in [1.82, 2.24) is 0 Å². The fraction of sp³-hybridized carbons (Fsp3) is 0.0769. The molecule has 6 heteroatoms. The number of halogens is 2. The van der Waals surface area contributed by atoms with Crippen molar-refractivity contribution in [3.05, 3.63) is 63.2 Å². The van der Waals surface area contributed by atoms with Crippen molar-refractivity contribution in [3.8, 4) is 11.5 Å². The maximum atomic E-state index is 10.6. The third kappa shape index (κ3) is 3.36. The Morgan fingerprint density at radius 3 is 2.37 bits per heavy atom. The zero-order chi connectivity index (χ0) is 13.8.